The second-order valence-corrected chi connectivity index (χ2v) is 11.7. The van der Waals surface area contributed by atoms with Gasteiger partial charge < -0.3 is 4.42 Å². The monoisotopic (exact) mass is 577 g/mol. The Balaban J connectivity index is 1.41. The minimum atomic E-state index is 0.658. The molecule has 45 heavy (non-hydrogen) atoms. The number of rotatable bonds is 3. The second-order valence-electron chi connectivity index (χ2n) is 11.7. The molecule has 0 bridgehead atoms. The van der Waals surface area contributed by atoms with Gasteiger partial charge >= 0.3 is 0 Å². The van der Waals surface area contributed by atoms with Crippen LogP contribution in [-0.4, -0.2) is 15.0 Å². The number of para-hydroxylation sites is 1. The lowest BCUT2D eigenvalue weighted by Crippen LogP contribution is -2.03. The SMILES string of the molecule is Cc1cc2c(c(C)c1-c1nc(-c3ccccc3)nc(-c3ccccc3)n1)c1ccccc1c1ccc3c4ccccc4oc3c12. The van der Waals surface area contributed by atoms with Crippen molar-refractivity contribution in [3.63, 3.8) is 0 Å². The summed E-state index contributed by atoms with van der Waals surface area (Å²) in [5, 5.41) is 9.36. The molecule has 0 aliphatic rings. The molecule has 9 rings (SSSR count). The van der Waals surface area contributed by atoms with Crippen LogP contribution in [-0.2, 0) is 0 Å². The minimum Gasteiger partial charge on any atom is -0.455 e. The van der Waals surface area contributed by atoms with Gasteiger partial charge in [0.25, 0.3) is 0 Å². The van der Waals surface area contributed by atoms with E-state index in [1.165, 1.54) is 26.9 Å². The fourth-order valence-corrected chi connectivity index (χ4v) is 7.01. The lowest BCUT2D eigenvalue weighted by atomic mass is 9.87. The summed E-state index contributed by atoms with van der Waals surface area (Å²) in [5.41, 5.74) is 7.01. The molecule has 0 unspecified atom stereocenters. The zero-order chi connectivity index (χ0) is 30.1. The van der Waals surface area contributed by atoms with Gasteiger partial charge in [-0.25, -0.2) is 15.0 Å². The second kappa shape index (κ2) is 9.83. The van der Waals surface area contributed by atoms with Crippen LogP contribution in [0.15, 0.2) is 132 Å². The summed E-state index contributed by atoms with van der Waals surface area (Å²) >= 11 is 0. The van der Waals surface area contributed by atoms with Gasteiger partial charge in [0.05, 0.1) is 0 Å². The van der Waals surface area contributed by atoms with Gasteiger partial charge in [-0.1, -0.05) is 109 Å². The van der Waals surface area contributed by atoms with Crippen molar-refractivity contribution in [1.82, 2.24) is 15.0 Å². The van der Waals surface area contributed by atoms with E-state index in [-0.39, 0.29) is 0 Å². The molecule has 0 atom stereocenters. The first-order valence-corrected chi connectivity index (χ1v) is 15.2. The molecule has 4 heteroatoms. The van der Waals surface area contributed by atoms with Crippen LogP contribution in [0.1, 0.15) is 11.1 Å². The standard InChI is InChI=1S/C41H27N3O/c1-24-23-33-36(30-19-10-9-17-28(30)31-21-22-32-29-18-11-12-20-34(29)45-38(32)37(31)33)25(2)35(24)41-43-39(26-13-5-3-6-14-26)42-40(44-41)27-15-7-4-8-16-27/h3-23H,1-2H3. The Kier molecular flexibility index (Phi) is 5.59. The van der Waals surface area contributed by atoms with Gasteiger partial charge in [0.1, 0.15) is 11.2 Å². The van der Waals surface area contributed by atoms with E-state index in [0.717, 1.165) is 55.1 Å². The third kappa shape index (κ3) is 3.89. The Morgan fingerprint density at radius 1 is 0.444 bits per heavy atom. The van der Waals surface area contributed by atoms with Gasteiger partial charge in [-0.15, -0.1) is 0 Å². The number of furan rings is 1. The molecule has 0 amide bonds. The van der Waals surface area contributed by atoms with E-state index in [9.17, 15) is 0 Å². The van der Waals surface area contributed by atoms with Gasteiger partial charge in [0, 0.05) is 32.8 Å². The highest BCUT2D eigenvalue weighted by atomic mass is 16.3. The summed E-state index contributed by atoms with van der Waals surface area (Å²) < 4.78 is 6.61. The molecule has 9 aromatic rings. The molecule has 0 saturated carbocycles. The average molecular weight is 578 g/mol. The molecule has 4 nitrogen and oxygen atoms in total. The van der Waals surface area contributed by atoms with E-state index < -0.39 is 0 Å². The number of hydrogen-bond acceptors (Lipinski definition) is 4. The zero-order valence-electron chi connectivity index (χ0n) is 24.9. The largest absolute Gasteiger partial charge is 0.455 e. The van der Waals surface area contributed by atoms with Crippen molar-refractivity contribution >= 4 is 54.3 Å². The Bertz CT molecular complexity index is 2550. The molecule has 0 aliphatic heterocycles. The smallest absolute Gasteiger partial charge is 0.164 e. The first kappa shape index (κ1) is 25.6. The maximum Gasteiger partial charge on any atom is 0.164 e. The third-order valence-electron chi connectivity index (χ3n) is 9.00. The minimum absolute atomic E-state index is 0.658. The van der Waals surface area contributed by atoms with Gasteiger partial charge in [-0.05, 0) is 70.1 Å². The predicted octanol–water partition coefficient (Wildman–Crippen LogP) is 10.8. The zero-order valence-corrected chi connectivity index (χ0v) is 24.9. The Morgan fingerprint density at radius 3 is 1.67 bits per heavy atom. The Labute approximate surface area is 259 Å². The fourth-order valence-electron chi connectivity index (χ4n) is 7.01. The maximum atomic E-state index is 6.61. The predicted molar refractivity (Wildman–Crippen MR) is 185 cm³/mol. The quantitative estimate of drug-likeness (QED) is 0.196. The Hall–Kier alpha value is -5.87. The number of benzene rings is 7. The van der Waals surface area contributed by atoms with E-state index in [0.29, 0.717) is 17.5 Å². The number of hydrogen-bond donors (Lipinski definition) is 0. The number of fused-ring (bicyclic) bond motifs is 10. The molecule has 2 heterocycles. The lowest BCUT2D eigenvalue weighted by molar-refractivity contribution is 0.673. The van der Waals surface area contributed by atoms with E-state index in [4.69, 9.17) is 19.4 Å². The molecule has 0 N–H and O–H groups in total. The molecule has 0 aliphatic carbocycles. The van der Waals surface area contributed by atoms with Crippen LogP contribution in [0.2, 0.25) is 0 Å². The van der Waals surface area contributed by atoms with Crippen LogP contribution in [0, 0.1) is 13.8 Å². The van der Waals surface area contributed by atoms with Crippen molar-refractivity contribution in [3.05, 3.63) is 139 Å². The van der Waals surface area contributed by atoms with Crippen LogP contribution in [0.25, 0.3) is 88.4 Å². The van der Waals surface area contributed by atoms with Crippen molar-refractivity contribution in [2.45, 2.75) is 13.8 Å². The molecule has 2 aromatic heterocycles. The van der Waals surface area contributed by atoms with Gasteiger partial charge in [-0.2, -0.15) is 0 Å². The number of nitrogens with zero attached hydrogens (tertiary/aromatic N) is 3. The number of aryl methyl sites for hydroxylation is 2. The van der Waals surface area contributed by atoms with Gasteiger partial charge in [0.2, 0.25) is 0 Å². The van der Waals surface area contributed by atoms with Gasteiger partial charge in [0.15, 0.2) is 17.5 Å². The van der Waals surface area contributed by atoms with Crippen LogP contribution in [0.3, 0.4) is 0 Å². The molecule has 0 fully saturated rings. The molecule has 0 spiro atoms. The first-order valence-electron chi connectivity index (χ1n) is 15.2. The summed E-state index contributed by atoms with van der Waals surface area (Å²) in [6.45, 7) is 4.37. The maximum absolute atomic E-state index is 6.61. The van der Waals surface area contributed by atoms with E-state index in [1.54, 1.807) is 0 Å². The molecule has 212 valence electrons. The molecular weight excluding hydrogens is 550 g/mol. The molecular formula is C41H27N3O. The summed E-state index contributed by atoms with van der Waals surface area (Å²) in [6, 6.07) is 44.0. The van der Waals surface area contributed by atoms with Crippen molar-refractivity contribution in [1.29, 1.82) is 0 Å². The third-order valence-corrected chi connectivity index (χ3v) is 9.00. The summed E-state index contributed by atoms with van der Waals surface area (Å²) in [6.07, 6.45) is 0. The summed E-state index contributed by atoms with van der Waals surface area (Å²) in [5.74, 6) is 1.99. The van der Waals surface area contributed by atoms with E-state index in [1.807, 2.05) is 66.7 Å². The van der Waals surface area contributed by atoms with Crippen molar-refractivity contribution < 1.29 is 4.42 Å². The molecule has 7 aromatic carbocycles. The summed E-state index contributed by atoms with van der Waals surface area (Å²) in [4.78, 5) is 15.1. The van der Waals surface area contributed by atoms with Crippen molar-refractivity contribution in [3.8, 4) is 34.2 Å². The van der Waals surface area contributed by atoms with E-state index in [2.05, 4.69) is 74.5 Å². The van der Waals surface area contributed by atoms with E-state index >= 15 is 0 Å². The number of aromatic nitrogens is 3. The van der Waals surface area contributed by atoms with Crippen LogP contribution < -0.4 is 0 Å². The lowest BCUT2D eigenvalue weighted by Gasteiger charge is -2.18. The first-order chi connectivity index (χ1) is 22.2. The Morgan fingerprint density at radius 2 is 0.978 bits per heavy atom. The van der Waals surface area contributed by atoms with Gasteiger partial charge in [-0.3, -0.25) is 0 Å². The highest BCUT2D eigenvalue weighted by Gasteiger charge is 2.22. The fraction of sp³-hybridized carbons (Fsp3) is 0.0488. The van der Waals surface area contributed by atoms with Crippen LogP contribution >= 0.6 is 0 Å². The molecule has 0 saturated heterocycles. The van der Waals surface area contributed by atoms with Crippen LogP contribution in [0.4, 0.5) is 0 Å². The topological polar surface area (TPSA) is 51.8 Å². The van der Waals surface area contributed by atoms with Crippen molar-refractivity contribution in [2.75, 3.05) is 0 Å². The highest BCUT2D eigenvalue weighted by Crippen LogP contribution is 2.45. The van der Waals surface area contributed by atoms with Crippen LogP contribution in [0.5, 0.6) is 0 Å². The molecule has 0 radical (unpaired) electrons. The summed E-state index contributed by atoms with van der Waals surface area (Å²) in [7, 11) is 0. The normalized spacial score (nSPS) is 11.8. The van der Waals surface area contributed by atoms with Crippen molar-refractivity contribution in [2.24, 2.45) is 0 Å². The average Bonchev–Trinajstić information content (AvgIpc) is 3.47. The highest BCUT2D eigenvalue weighted by molar-refractivity contribution is 6.33.